The molecule has 1 rings (SSSR count). The van der Waals surface area contributed by atoms with Gasteiger partial charge in [0.05, 0.1) is 11.1 Å². The second-order valence-electron chi connectivity index (χ2n) is 3.49. The Bertz CT molecular complexity index is 508. The smallest absolute Gasteiger partial charge is 0.416 e. The number of alkyl halides is 5. The Balaban J connectivity index is 3.54. The van der Waals surface area contributed by atoms with Gasteiger partial charge in [0.25, 0.3) is 0 Å². The zero-order chi connectivity index (χ0) is 14.8. The third-order valence-electron chi connectivity index (χ3n) is 2.16. The number of rotatable bonds is 4. The highest BCUT2D eigenvalue weighted by Crippen LogP contribution is 2.35. The minimum absolute atomic E-state index is 0.0235. The minimum atomic E-state index is -4.85. The summed E-state index contributed by atoms with van der Waals surface area (Å²) >= 11 is 0. The molecule has 104 valence electrons. The predicted octanol–water partition coefficient (Wildman–Crippen LogP) is 3.32. The molecule has 1 aromatic rings. The Hall–Kier alpha value is -1.99. The number of Topliss-reactive ketones (excluding diaryl/α,β-unsaturated/α-hetero) is 1. The van der Waals surface area contributed by atoms with E-state index in [9.17, 15) is 31.5 Å². The molecule has 0 saturated heterocycles. The maximum atomic E-state index is 12.5. The standard InChI is InChI=1S/C11H7F5O3/c1-5(18)9-6(4-17)2-7(11(14,15)16)3-8(9)19-10(12)13/h2-4,10H,1H3. The quantitative estimate of drug-likeness (QED) is 0.483. The molecule has 0 aromatic heterocycles. The van der Waals surface area contributed by atoms with Gasteiger partial charge in [-0.1, -0.05) is 0 Å². The van der Waals surface area contributed by atoms with Gasteiger partial charge in [0.1, 0.15) is 5.75 Å². The van der Waals surface area contributed by atoms with Crippen molar-refractivity contribution in [2.24, 2.45) is 0 Å². The molecule has 0 spiro atoms. The SMILES string of the molecule is CC(=O)c1c(C=O)cc(C(F)(F)F)cc1OC(F)F. The lowest BCUT2D eigenvalue weighted by atomic mass is 10.0. The van der Waals surface area contributed by atoms with E-state index >= 15 is 0 Å². The van der Waals surface area contributed by atoms with Gasteiger partial charge < -0.3 is 4.74 Å². The van der Waals surface area contributed by atoms with Crippen LogP contribution in [0.25, 0.3) is 0 Å². The first-order chi connectivity index (χ1) is 8.66. The summed E-state index contributed by atoms with van der Waals surface area (Å²) in [5, 5.41) is 0. The maximum absolute atomic E-state index is 12.5. The molecule has 0 aliphatic carbocycles. The molecular formula is C11H7F5O3. The van der Waals surface area contributed by atoms with Gasteiger partial charge in [0, 0.05) is 5.56 Å². The van der Waals surface area contributed by atoms with Gasteiger partial charge in [0.15, 0.2) is 12.1 Å². The van der Waals surface area contributed by atoms with Gasteiger partial charge in [-0.15, -0.1) is 0 Å². The van der Waals surface area contributed by atoms with Gasteiger partial charge in [-0.25, -0.2) is 0 Å². The van der Waals surface area contributed by atoms with Crippen molar-refractivity contribution in [3.8, 4) is 5.75 Å². The highest BCUT2D eigenvalue weighted by atomic mass is 19.4. The van der Waals surface area contributed by atoms with Crippen molar-refractivity contribution in [3.63, 3.8) is 0 Å². The first-order valence-corrected chi connectivity index (χ1v) is 4.83. The first-order valence-electron chi connectivity index (χ1n) is 4.83. The van der Waals surface area contributed by atoms with Crippen LogP contribution in [-0.2, 0) is 6.18 Å². The molecule has 0 amide bonds. The van der Waals surface area contributed by atoms with E-state index in [4.69, 9.17) is 0 Å². The molecule has 0 aliphatic heterocycles. The number of halogens is 5. The van der Waals surface area contributed by atoms with Crippen molar-refractivity contribution >= 4 is 12.1 Å². The normalized spacial score (nSPS) is 11.5. The number of carbonyl (C=O) groups is 2. The third-order valence-corrected chi connectivity index (χ3v) is 2.16. The maximum Gasteiger partial charge on any atom is 0.416 e. The molecule has 0 atom stereocenters. The molecule has 8 heteroatoms. The van der Waals surface area contributed by atoms with Crippen LogP contribution in [0.3, 0.4) is 0 Å². The summed E-state index contributed by atoms with van der Waals surface area (Å²) in [7, 11) is 0. The number of ketones is 1. The van der Waals surface area contributed by atoms with Crippen molar-refractivity contribution in [2.45, 2.75) is 19.7 Å². The predicted molar refractivity (Wildman–Crippen MR) is 53.5 cm³/mol. The number of hydrogen-bond acceptors (Lipinski definition) is 3. The van der Waals surface area contributed by atoms with Crippen LogP contribution in [-0.4, -0.2) is 18.7 Å². The van der Waals surface area contributed by atoms with Crippen LogP contribution in [0.4, 0.5) is 22.0 Å². The van der Waals surface area contributed by atoms with Crippen LogP contribution in [0.15, 0.2) is 12.1 Å². The molecule has 19 heavy (non-hydrogen) atoms. The van der Waals surface area contributed by atoms with Crippen LogP contribution >= 0.6 is 0 Å². The zero-order valence-corrected chi connectivity index (χ0v) is 9.42. The van der Waals surface area contributed by atoms with E-state index in [2.05, 4.69) is 4.74 Å². The van der Waals surface area contributed by atoms with Crippen LogP contribution in [0.1, 0.15) is 33.2 Å². The Labute approximate surface area is 104 Å². The molecule has 3 nitrogen and oxygen atoms in total. The van der Waals surface area contributed by atoms with E-state index in [1.54, 1.807) is 0 Å². The molecule has 0 aliphatic rings. The number of ether oxygens (including phenoxy) is 1. The Morgan fingerprint density at radius 2 is 1.89 bits per heavy atom. The van der Waals surface area contributed by atoms with Crippen LogP contribution in [0.2, 0.25) is 0 Å². The number of carbonyl (C=O) groups excluding carboxylic acids is 2. The van der Waals surface area contributed by atoms with Crippen LogP contribution < -0.4 is 4.74 Å². The fraction of sp³-hybridized carbons (Fsp3) is 0.273. The molecule has 0 saturated carbocycles. The van der Waals surface area contributed by atoms with E-state index in [0.29, 0.717) is 6.07 Å². The van der Waals surface area contributed by atoms with Gasteiger partial charge in [-0.3, -0.25) is 9.59 Å². The monoisotopic (exact) mass is 282 g/mol. The highest BCUT2D eigenvalue weighted by Gasteiger charge is 2.33. The fourth-order valence-corrected chi connectivity index (χ4v) is 1.46. The van der Waals surface area contributed by atoms with Crippen molar-refractivity contribution in [1.29, 1.82) is 0 Å². The van der Waals surface area contributed by atoms with Crippen molar-refractivity contribution < 1.29 is 36.3 Å². The van der Waals surface area contributed by atoms with Crippen molar-refractivity contribution in [3.05, 3.63) is 28.8 Å². The summed E-state index contributed by atoms with van der Waals surface area (Å²) in [6.07, 6.45) is -4.88. The lowest BCUT2D eigenvalue weighted by Gasteiger charge is -2.14. The highest BCUT2D eigenvalue weighted by molar-refractivity contribution is 6.04. The molecule has 0 unspecified atom stereocenters. The lowest BCUT2D eigenvalue weighted by molar-refractivity contribution is -0.138. The molecule has 0 radical (unpaired) electrons. The van der Waals surface area contributed by atoms with Crippen molar-refractivity contribution in [2.75, 3.05) is 0 Å². The summed E-state index contributed by atoms with van der Waals surface area (Å²) in [5.74, 6) is -1.83. The minimum Gasteiger partial charge on any atom is -0.434 e. The first kappa shape index (κ1) is 15.1. The van der Waals surface area contributed by atoms with Gasteiger partial charge in [-0.2, -0.15) is 22.0 Å². The molecule has 1 aromatic carbocycles. The molecule has 0 bridgehead atoms. The van der Waals surface area contributed by atoms with Crippen LogP contribution in [0, 0.1) is 0 Å². The number of benzene rings is 1. The largest absolute Gasteiger partial charge is 0.434 e. The topological polar surface area (TPSA) is 43.4 Å². The zero-order valence-electron chi connectivity index (χ0n) is 9.42. The summed E-state index contributed by atoms with van der Waals surface area (Å²) in [4.78, 5) is 21.9. The van der Waals surface area contributed by atoms with E-state index in [1.165, 1.54) is 0 Å². The van der Waals surface area contributed by atoms with E-state index in [-0.39, 0.29) is 12.4 Å². The number of hydrogen-bond donors (Lipinski definition) is 0. The average Bonchev–Trinajstić information content (AvgIpc) is 2.25. The van der Waals surface area contributed by atoms with Gasteiger partial charge in [-0.05, 0) is 19.1 Å². The molecule has 0 heterocycles. The summed E-state index contributed by atoms with van der Waals surface area (Å²) in [6.45, 7) is -2.49. The second kappa shape index (κ2) is 5.33. The van der Waals surface area contributed by atoms with Gasteiger partial charge >= 0.3 is 12.8 Å². The molecule has 0 fully saturated rings. The van der Waals surface area contributed by atoms with E-state index in [1.807, 2.05) is 0 Å². The van der Waals surface area contributed by atoms with Crippen molar-refractivity contribution in [1.82, 2.24) is 0 Å². The Kier molecular flexibility index (Phi) is 4.23. The number of aldehydes is 1. The second-order valence-corrected chi connectivity index (χ2v) is 3.49. The van der Waals surface area contributed by atoms with E-state index < -0.39 is 41.0 Å². The van der Waals surface area contributed by atoms with Crippen LogP contribution in [0.5, 0.6) is 5.75 Å². The fourth-order valence-electron chi connectivity index (χ4n) is 1.46. The molecule has 0 N–H and O–H groups in total. The van der Waals surface area contributed by atoms with Gasteiger partial charge in [0.2, 0.25) is 0 Å². The molecular weight excluding hydrogens is 275 g/mol. The third kappa shape index (κ3) is 3.49. The average molecular weight is 282 g/mol. The Morgan fingerprint density at radius 3 is 2.26 bits per heavy atom. The summed E-state index contributed by atoms with van der Waals surface area (Å²) in [6, 6.07) is 0.665. The Morgan fingerprint density at radius 1 is 1.32 bits per heavy atom. The van der Waals surface area contributed by atoms with E-state index in [0.717, 1.165) is 6.92 Å². The summed E-state index contributed by atoms with van der Waals surface area (Å²) in [5.41, 5.74) is -2.61. The lowest BCUT2D eigenvalue weighted by Crippen LogP contribution is -2.13. The summed E-state index contributed by atoms with van der Waals surface area (Å²) < 4.78 is 65.7.